The van der Waals surface area contributed by atoms with E-state index < -0.39 is 27.8 Å². The number of carboxylic acid groups (broad SMARTS) is 1. The summed E-state index contributed by atoms with van der Waals surface area (Å²) in [7, 11) is -3.71. The average Bonchev–Trinajstić information content (AvgIpc) is 2.68. The predicted molar refractivity (Wildman–Crippen MR) is 107 cm³/mol. The number of anilines is 1. The third kappa shape index (κ3) is 5.08. The molecule has 1 aromatic rings. The molecule has 28 heavy (non-hydrogen) atoms. The second kappa shape index (κ2) is 9.66. The summed E-state index contributed by atoms with van der Waals surface area (Å²) in [6, 6.07) is 5.84. The normalized spacial score (nSPS) is 19.8. The van der Waals surface area contributed by atoms with E-state index >= 15 is 0 Å². The van der Waals surface area contributed by atoms with Gasteiger partial charge >= 0.3 is 5.97 Å². The van der Waals surface area contributed by atoms with Crippen molar-refractivity contribution in [1.29, 1.82) is 0 Å². The molecule has 0 aromatic heterocycles. The lowest BCUT2D eigenvalue weighted by atomic mass is 9.78. The molecule has 2 N–H and O–H groups in total. The van der Waals surface area contributed by atoms with Crippen LogP contribution in [0.3, 0.4) is 0 Å². The summed E-state index contributed by atoms with van der Waals surface area (Å²) in [6.07, 6.45) is 5.65. The van der Waals surface area contributed by atoms with Gasteiger partial charge < -0.3 is 10.4 Å². The van der Waals surface area contributed by atoms with E-state index in [1.807, 2.05) is 0 Å². The highest BCUT2D eigenvalue weighted by Gasteiger charge is 2.35. The van der Waals surface area contributed by atoms with Crippen molar-refractivity contribution in [2.75, 3.05) is 18.4 Å². The molecule has 1 aliphatic rings. The Hall–Kier alpha value is -2.45. The highest BCUT2D eigenvalue weighted by Crippen LogP contribution is 2.31. The number of benzene rings is 1. The second-order valence-corrected chi connectivity index (χ2v) is 8.69. The molecule has 0 heterocycles. The highest BCUT2D eigenvalue weighted by atomic mass is 32.2. The Kier molecular flexibility index (Phi) is 7.53. The Balaban J connectivity index is 2.13. The van der Waals surface area contributed by atoms with Gasteiger partial charge in [-0.25, -0.2) is 8.42 Å². The van der Waals surface area contributed by atoms with Crippen molar-refractivity contribution in [2.45, 2.75) is 30.6 Å². The van der Waals surface area contributed by atoms with Crippen LogP contribution in [0.4, 0.5) is 5.69 Å². The zero-order chi connectivity index (χ0) is 20.7. The fraction of sp³-hybridized carbons (Fsp3) is 0.400. The Morgan fingerprint density at radius 3 is 2.11 bits per heavy atom. The second-order valence-electron chi connectivity index (χ2n) is 6.75. The van der Waals surface area contributed by atoms with Gasteiger partial charge in [0.25, 0.3) is 0 Å². The van der Waals surface area contributed by atoms with Crippen molar-refractivity contribution in [1.82, 2.24) is 4.31 Å². The molecule has 1 saturated carbocycles. The van der Waals surface area contributed by atoms with Crippen molar-refractivity contribution in [2.24, 2.45) is 11.8 Å². The van der Waals surface area contributed by atoms with Crippen molar-refractivity contribution in [3.8, 4) is 0 Å². The number of hydrogen-bond acceptors (Lipinski definition) is 4. The number of nitrogens with zero attached hydrogens (tertiary/aromatic N) is 1. The molecule has 1 amide bonds. The van der Waals surface area contributed by atoms with Crippen molar-refractivity contribution in [3.63, 3.8) is 0 Å². The van der Waals surface area contributed by atoms with E-state index in [-0.39, 0.29) is 23.9 Å². The molecule has 0 saturated heterocycles. The van der Waals surface area contributed by atoms with E-state index in [0.717, 1.165) is 12.8 Å². The highest BCUT2D eigenvalue weighted by molar-refractivity contribution is 7.89. The van der Waals surface area contributed by atoms with Gasteiger partial charge in [0.2, 0.25) is 15.9 Å². The summed E-state index contributed by atoms with van der Waals surface area (Å²) in [5, 5.41) is 12.0. The quantitative estimate of drug-likeness (QED) is 0.614. The molecule has 2 atom stereocenters. The Morgan fingerprint density at radius 1 is 1.07 bits per heavy atom. The third-order valence-corrected chi connectivity index (χ3v) is 6.69. The molecule has 0 bridgehead atoms. The molecule has 0 spiro atoms. The zero-order valence-corrected chi connectivity index (χ0v) is 16.5. The lowest BCUT2D eigenvalue weighted by Crippen LogP contribution is -2.36. The first-order valence-electron chi connectivity index (χ1n) is 9.17. The summed E-state index contributed by atoms with van der Waals surface area (Å²) >= 11 is 0. The standard InChI is InChI=1S/C20H26N2O5S/c1-3-13-22(14-4-2)28(26,27)16-11-9-15(10-12-16)21-19(23)17-7-5-6-8-18(17)20(24)25/h3-4,9-12,17-18H,1-2,5-8,13-14H2,(H,21,23)(H,24,25)/t17-,18+/m0/s1. The Labute approximate surface area is 165 Å². The molecule has 8 heteroatoms. The molecule has 1 aromatic carbocycles. The van der Waals surface area contributed by atoms with Crippen LogP contribution in [0.15, 0.2) is 54.5 Å². The number of amides is 1. The topological polar surface area (TPSA) is 104 Å². The van der Waals surface area contributed by atoms with Gasteiger partial charge in [0.15, 0.2) is 0 Å². The fourth-order valence-electron chi connectivity index (χ4n) is 3.39. The van der Waals surface area contributed by atoms with Crippen LogP contribution in [0.25, 0.3) is 0 Å². The maximum absolute atomic E-state index is 12.7. The van der Waals surface area contributed by atoms with Crippen LogP contribution in [0.1, 0.15) is 25.7 Å². The molecule has 7 nitrogen and oxygen atoms in total. The van der Waals surface area contributed by atoms with Crippen molar-refractivity contribution >= 4 is 27.6 Å². The molecule has 0 radical (unpaired) electrons. The molecular weight excluding hydrogens is 380 g/mol. The van der Waals surface area contributed by atoms with Crippen LogP contribution >= 0.6 is 0 Å². The van der Waals surface area contributed by atoms with Crippen LogP contribution in [-0.4, -0.2) is 42.8 Å². The number of carboxylic acids is 1. The number of carbonyl (C=O) groups excluding carboxylic acids is 1. The molecule has 1 fully saturated rings. The van der Waals surface area contributed by atoms with Gasteiger partial charge in [-0.2, -0.15) is 4.31 Å². The summed E-state index contributed by atoms with van der Waals surface area (Å²) in [5.74, 6) is -2.56. The van der Waals surface area contributed by atoms with Gasteiger partial charge in [-0.1, -0.05) is 25.0 Å². The minimum Gasteiger partial charge on any atom is -0.481 e. The van der Waals surface area contributed by atoms with Gasteiger partial charge in [-0.05, 0) is 37.1 Å². The Bertz CT molecular complexity index is 823. The Morgan fingerprint density at radius 2 is 1.61 bits per heavy atom. The van der Waals surface area contributed by atoms with Crippen LogP contribution in [0.5, 0.6) is 0 Å². The first kappa shape index (κ1) is 21.8. The van der Waals surface area contributed by atoms with E-state index in [9.17, 15) is 23.1 Å². The number of carbonyl (C=O) groups is 2. The smallest absolute Gasteiger partial charge is 0.307 e. The predicted octanol–water partition coefficient (Wildman–Crippen LogP) is 2.88. The summed E-state index contributed by atoms with van der Waals surface area (Å²) in [6.45, 7) is 7.46. The molecule has 0 unspecified atom stereocenters. The maximum atomic E-state index is 12.7. The molecular formula is C20H26N2O5S. The summed E-state index contributed by atoms with van der Waals surface area (Å²) in [4.78, 5) is 24.0. The summed E-state index contributed by atoms with van der Waals surface area (Å²) in [5.41, 5.74) is 0.428. The molecule has 0 aliphatic heterocycles. The first-order chi connectivity index (χ1) is 13.3. The van der Waals surface area contributed by atoms with Gasteiger partial charge in [-0.3, -0.25) is 9.59 Å². The minimum atomic E-state index is -3.71. The van der Waals surface area contributed by atoms with Crippen LogP contribution in [0, 0.1) is 11.8 Å². The van der Waals surface area contributed by atoms with E-state index in [2.05, 4.69) is 18.5 Å². The van der Waals surface area contributed by atoms with Gasteiger partial charge in [0.1, 0.15) is 0 Å². The molecule has 2 rings (SSSR count). The van der Waals surface area contributed by atoms with E-state index in [0.29, 0.717) is 18.5 Å². The van der Waals surface area contributed by atoms with Crippen molar-refractivity contribution < 1.29 is 23.1 Å². The van der Waals surface area contributed by atoms with Gasteiger partial charge in [0, 0.05) is 18.8 Å². The number of aliphatic carboxylic acids is 1. The lowest BCUT2D eigenvalue weighted by Gasteiger charge is -2.27. The maximum Gasteiger partial charge on any atom is 0.307 e. The first-order valence-corrected chi connectivity index (χ1v) is 10.6. The average molecular weight is 407 g/mol. The summed E-state index contributed by atoms with van der Waals surface area (Å²) < 4.78 is 26.6. The van der Waals surface area contributed by atoms with Crippen LogP contribution < -0.4 is 5.32 Å². The zero-order valence-electron chi connectivity index (χ0n) is 15.7. The SMILES string of the molecule is C=CCN(CC=C)S(=O)(=O)c1ccc(NC(=O)[C@H]2CCCC[C@H]2C(=O)O)cc1. The number of sulfonamides is 1. The number of rotatable bonds is 9. The molecule has 152 valence electrons. The lowest BCUT2D eigenvalue weighted by molar-refractivity contribution is -0.147. The van der Waals surface area contributed by atoms with Crippen LogP contribution in [-0.2, 0) is 19.6 Å². The number of hydrogen-bond donors (Lipinski definition) is 2. The number of nitrogens with one attached hydrogen (secondary N) is 1. The van der Waals surface area contributed by atoms with Crippen LogP contribution in [0.2, 0.25) is 0 Å². The third-order valence-electron chi connectivity index (χ3n) is 4.85. The van der Waals surface area contributed by atoms with Crippen molar-refractivity contribution in [3.05, 3.63) is 49.6 Å². The minimum absolute atomic E-state index is 0.0928. The fourth-order valence-corrected chi connectivity index (χ4v) is 4.77. The molecule has 1 aliphatic carbocycles. The monoisotopic (exact) mass is 406 g/mol. The van der Waals surface area contributed by atoms with Gasteiger partial charge in [-0.15, -0.1) is 13.2 Å². The largest absolute Gasteiger partial charge is 0.481 e. The van der Waals surface area contributed by atoms with Gasteiger partial charge in [0.05, 0.1) is 16.7 Å². The van der Waals surface area contributed by atoms with E-state index in [1.165, 1.54) is 40.7 Å². The van der Waals surface area contributed by atoms with E-state index in [4.69, 9.17) is 0 Å². The van der Waals surface area contributed by atoms with E-state index in [1.54, 1.807) is 0 Å².